The zero-order valence-corrected chi connectivity index (χ0v) is 21.8. The number of carbonyl (C=O) groups excluding carboxylic acids is 1. The SMILES string of the molecule is CCCC[P+](CCCC)(CCCC)Cc1ccc(C(=O)OC(C)(C)C)c(F)c1.[Br-]. The highest BCUT2D eigenvalue weighted by Crippen LogP contribution is 2.63. The van der Waals surface area contributed by atoms with Gasteiger partial charge in [0.2, 0.25) is 0 Å². The lowest BCUT2D eigenvalue weighted by Gasteiger charge is -2.28. The Morgan fingerprint density at radius 1 is 0.966 bits per heavy atom. The normalized spacial score (nSPS) is 11.8. The van der Waals surface area contributed by atoms with Crippen molar-refractivity contribution >= 4 is 13.2 Å². The molecular formula is C24H41BrFO2P. The van der Waals surface area contributed by atoms with Crippen LogP contribution in [0, 0.1) is 5.82 Å². The van der Waals surface area contributed by atoms with Gasteiger partial charge in [-0.3, -0.25) is 0 Å². The Balaban J connectivity index is 0.00000784. The molecule has 0 N–H and O–H groups in total. The molecule has 0 aliphatic carbocycles. The minimum absolute atomic E-state index is 0. The van der Waals surface area contributed by atoms with Crippen molar-refractivity contribution in [1.82, 2.24) is 0 Å². The monoisotopic (exact) mass is 490 g/mol. The van der Waals surface area contributed by atoms with E-state index >= 15 is 0 Å². The van der Waals surface area contributed by atoms with Crippen molar-refractivity contribution in [3.63, 3.8) is 0 Å². The number of esters is 1. The Kier molecular flexibility index (Phi) is 13.5. The lowest BCUT2D eigenvalue weighted by atomic mass is 10.1. The number of hydrogen-bond donors (Lipinski definition) is 0. The topological polar surface area (TPSA) is 26.3 Å². The van der Waals surface area contributed by atoms with Crippen molar-refractivity contribution in [2.75, 3.05) is 18.5 Å². The fraction of sp³-hybridized carbons (Fsp3) is 0.708. The van der Waals surface area contributed by atoms with Gasteiger partial charge in [0.15, 0.2) is 0 Å². The van der Waals surface area contributed by atoms with Gasteiger partial charge in [-0.05, 0) is 57.7 Å². The van der Waals surface area contributed by atoms with Gasteiger partial charge in [-0.25, -0.2) is 9.18 Å². The summed E-state index contributed by atoms with van der Waals surface area (Å²) < 4.78 is 20.1. The van der Waals surface area contributed by atoms with E-state index in [9.17, 15) is 9.18 Å². The molecule has 29 heavy (non-hydrogen) atoms. The molecule has 0 saturated carbocycles. The highest BCUT2D eigenvalue weighted by Gasteiger charge is 2.36. The lowest BCUT2D eigenvalue weighted by molar-refractivity contribution is -0.000199. The largest absolute Gasteiger partial charge is 1.00 e. The molecule has 1 aromatic rings. The molecule has 0 spiro atoms. The first kappa shape index (κ1) is 28.5. The summed E-state index contributed by atoms with van der Waals surface area (Å²) in [7, 11) is -1.14. The highest BCUT2D eigenvalue weighted by molar-refractivity contribution is 7.75. The van der Waals surface area contributed by atoms with E-state index in [0.29, 0.717) is 0 Å². The van der Waals surface area contributed by atoms with Crippen LogP contribution < -0.4 is 17.0 Å². The quantitative estimate of drug-likeness (QED) is 0.313. The molecule has 0 heterocycles. The standard InChI is InChI=1S/C24H41FO2P.BrH/c1-7-10-15-28(16-11-8-2,17-12-9-3)19-20-13-14-21(22(25)18-20)23(26)27-24(4,5)6;/h13-14,18H,7-12,15-17,19H2,1-6H3;1H/q+1;/p-1. The van der Waals surface area contributed by atoms with E-state index in [4.69, 9.17) is 4.74 Å². The summed E-state index contributed by atoms with van der Waals surface area (Å²) >= 11 is 0. The van der Waals surface area contributed by atoms with Gasteiger partial charge in [0.25, 0.3) is 0 Å². The van der Waals surface area contributed by atoms with Gasteiger partial charge in [-0.1, -0.05) is 46.1 Å². The number of benzene rings is 1. The Labute approximate surface area is 189 Å². The zero-order chi connectivity index (χ0) is 21.2. The Hall–Kier alpha value is -0.470. The van der Waals surface area contributed by atoms with Gasteiger partial charge in [0, 0.05) is 7.26 Å². The maximum atomic E-state index is 14.7. The van der Waals surface area contributed by atoms with Crippen LogP contribution in [0.25, 0.3) is 0 Å². The molecule has 2 nitrogen and oxygen atoms in total. The van der Waals surface area contributed by atoms with Gasteiger partial charge in [0.05, 0.1) is 30.2 Å². The predicted molar refractivity (Wildman–Crippen MR) is 122 cm³/mol. The number of carbonyl (C=O) groups is 1. The molecule has 0 atom stereocenters. The maximum absolute atomic E-state index is 14.7. The Bertz CT molecular complexity index is 592. The van der Waals surface area contributed by atoms with Crippen molar-refractivity contribution in [2.24, 2.45) is 0 Å². The summed E-state index contributed by atoms with van der Waals surface area (Å²) in [5, 5.41) is 0. The first-order valence-corrected chi connectivity index (χ1v) is 13.6. The lowest BCUT2D eigenvalue weighted by Crippen LogP contribution is -3.00. The molecule has 1 rings (SSSR count). The van der Waals surface area contributed by atoms with E-state index in [1.165, 1.54) is 57.0 Å². The van der Waals surface area contributed by atoms with Crippen LogP contribution in [0.5, 0.6) is 0 Å². The summed E-state index contributed by atoms with van der Waals surface area (Å²) in [6, 6.07) is 5.14. The number of rotatable bonds is 12. The highest BCUT2D eigenvalue weighted by atomic mass is 79.9. The fourth-order valence-electron chi connectivity index (χ4n) is 3.60. The molecular weight excluding hydrogens is 450 g/mol. The first-order chi connectivity index (χ1) is 13.2. The van der Waals surface area contributed by atoms with Crippen LogP contribution in [0.2, 0.25) is 0 Å². The van der Waals surface area contributed by atoms with Gasteiger partial charge in [-0.15, -0.1) is 0 Å². The third-order valence-corrected chi connectivity index (χ3v) is 9.96. The number of unbranched alkanes of at least 4 members (excludes halogenated alkanes) is 3. The predicted octanol–water partition coefficient (Wildman–Crippen LogP) is 4.70. The number of ether oxygens (including phenoxy) is 1. The van der Waals surface area contributed by atoms with Crippen LogP contribution in [-0.2, 0) is 10.9 Å². The number of halogens is 2. The summed E-state index contributed by atoms with van der Waals surface area (Å²) in [6.07, 6.45) is 12.3. The van der Waals surface area contributed by atoms with E-state index in [2.05, 4.69) is 20.8 Å². The smallest absolute Gasteiger partial charge is 0.341 e. The fourth-order valence-corrected chi connectivity index (χ4v) is 8.67. The van der Waals surface area contributed by atoms with Crippen molar-refractivity contribution in [3.05, 3.63) is 35.1 Å². The average molecular weight is 491 g/mol. The van der Waals surface area contributed by atoms with Crippen LogP contribution in [0.3, 0.4) is 0 Å². The first-order valence-electron chi connectivity index (χ1n) is 11.0. The summed E-state index contributed by atoms with van der Waals surface area (Å²) in [4.78, 5) is 12.2. The second kappa shape index (κ2) is 13.8. The molecule has 0 aliphatic rings. The molecule has 0 aliphatic heterocycles. The molecule has 0 bridgehead atoms. The molecule has 0 aromatic heterocycles. The van der Waals surface area contributed by atoms with Gasteiger partial charge in [-0.2, -0.15) is 0 Å². The van der Waals surface area contributed by atoms with Gasteiger partial charge in [0.1, 0.15) is 11.4 Å². The average Bonchev–Trinajstić information content (AvgIpc) is 2.61. The summed E-state index contributed by atoms with van der Waals surface area (Å²) in [6.45, 7) is 12.2. The molecule has 168 valence electrons. The summed E-state index contributed by atoms with van der Waals surface area (Å²) in [5.41, 5.74) is 0.461. The van der Waals surface area contributed by atoms with Crippen molar-refractivity contribution < 1.29 is 30.9 Å². The zero-order valence-electron chi connectivity index (χ0n) is 19.3. The Morgan fingerprint density at radius 2 is 1.45 bits per heavy atom. The van der Waals surface area contributed by atoms with Crippen molar-refractivity contribution in [3.8, 4) is 0 Å². The molecule has 0 unspecified atom stereocenters. The van der Waals surface area contributed by atoms with Crippen LogP contribution >= 0.6 is 7.26 Å². The second-order valence-corrected chi connectivity index (χ2v) is 13.4. The minimum atomic E-state index is -1.14. The molecule has 0 amide bonds. The van der Waals surface area contributed by atoms with E-state index in [1.807, 2.05) is 6.07 Å². The Morgan fingerprint density at radius 3 is 1.83 bits per heavy atom. The molecule has 0 saturated heterocycles. The van der Waals surface area contributed by atoms with E-state index in [0.717, 1.165) is 11.7 Å². The van der Waals surface area contributed by atoms with Crippen LogP contribution in [0.4, 0.5) is 4.39 Å². The van der Waals surface area contributed by atoms with Gasteiger partial charge >= 0.3 is 5.97 Å². The van der Waals surface area contributed by atoms with Gasteiger partial charge < -0.3 is 21.7 Å². The van der Waals surface area contributed by atoms with E-state index < -0.39 is 24.7 Å². The third-order valence-electron chi connectivity index (χ3n) is 5.13. The number of hydrogen-bond acceptors (Lipinski definition) is 2. The molecule has 5 heteroatoms. The minimum Gasteiger partial charge on any atom is -1.00 e. The molecule has 0 radical (unpaired) electrons. The maximum Gasteiger partial charge on any atom is 0.341 e. The van der Waals surface area contributed by atoms with Crippen LogP contribution in [0.1, 0.15) is 96.0 Å². The van der Waals surface area contributed by atoms with Crippen LogP contribution in [-0.4, -0.2) is 30.1 Å². The van der Waals surface area contributed by atoms with E-state index in [-0.39, 0.29) is 22.5 Å². The summed E-state index contributed by atoms with van der Waals surface area (Å²) in [5.74, 6) is -1.04. The van der Waals surface area contributed by atoms with E-state index in [1.54, 1.807) is 32.9 Å². The molecule has 0 fully saturated rings. The van der Waals surface area contributed by atoms with Crippen molar-refractivity contribution in [2.45, 2.75) is 91.8 Å². The van der Waals surface area contributed by atoms with Crippen molar-refractivity contribution in [1.29, 1.82) is 0 Å². The second-order valence-electron chi connectivity index (χ2n) is 9.05. The molecule has 1 aromatic carbocycles. The van der Waals surface area contributed by atoms with Crippen LogP contribution in [0.15, 0.2) is 18.2 Å². The third kappa shape index (κ3) is 10.4.